The molecule has 2 nitrogen and oxygen atoms in total. The van der Waals surface area contributed by atoms with Gasteiger partial charge >= 0.3 is 5.97 Å². The minimum absolute atomic E-state index is 0.304. The molecule has 0 saturated carbocycles. The molecule has 0 aromatic heterocycles. The summed E-state index contributed by atoms with van der Waals surface area (Å²) in [6.07, 6.45) is 1.43. The first kappa shape index (κ1) is 12.3. The molecule has 0 heterocycles. The molecule has 4 heteroatoms. The first-order valence-corrected chi connectivity index (χ1v) is 6.15. The standard InChI is InChI=1S/C11H11BrO2S/c1-2-14-11(13)7-8-15-10-5-3-9(12)4-6-10/h3-8H,2H2,1H3/b8-7+. The Morgan fingerprint density at radius 2 is 2.13 bits per heavy atom. The highest BCUT2D eigenvalue weighted by Gasteiger charge is 1.94. The van der Waals surface area contributed by atoms with Crippen LogP contribution in [0.2, 0.25) is 0 Å². The largest absolute Gasteiger partial charge is 0.463 e. The van der Waals surface area contributed by atoms with Crippen molar-refractivity contribution in [1.29, 1.82) is 0 Å². The number of carbonyl (C=O) groups is 1. The summed E-state index contributed by atoms with van der Waals surface area (Å²) in [4.78, 5) is 12.0. The van der Waals surface area contributed by atoms with E-state index in [9.17, 15) is 4.79 Å². The van der Waals surface area contributed by atoms with Crippen LogP contribution < -0.4 is 0 Å². The van der Waals surface area contributed by atoms with Crippen LogP contribution in [0, 0.1) is 0 Å². The van der Waals surface area contributed by atoms with Crippen LogP contribution in [0.5, 0.6) is 0 Å². The third-order valence-corrected chi connectivity index (χ3v) is 2.85. The van der Waals surface area contributed by atoms with E-state index in [-0.39, 0.29) is 5.97 Å². The molecule has 0 fully saturated rings. The van der Waals surface area contributed by atoms with Gasteiger partial charge in [-0.05, 0) is 36.6 Å². The van der Waals surface area contributed by atoms with E-state index in [4.69, 9.17) is 4.74 Å². The van der Waals surface area contributed by atoms with Crippen molar-refractivity contribution in [2.24, 2.45) is 0 Å². The van der Waals surface area contributed by atoms with Crippen molar-refractivity contribution in [1.82, 2.24) is 0 Å². The smallest absolute Gasteiger partial charge is 0.331 e. The Bertz CT molecular complexity index is 346. The lowest BCUT2D eigenvalue weighted by atomic mass is 10.4. The van der Waals surface area contributed by atoms with Gasteiger partial charge < -0.3 is 4.74 Å². The molecule has 0 saturated heterocycles. The lowest BCUT2D eigenvalue weighted by molar-refractivity contribution is -0.137. The van der Waals surface area contributed by atoms with Gasteiger partial charge in [-0.1, -0.05) is 27.7 Å². The fraction of sp³-hybridized carbons (Fsp3) is 0.182. The molecule has 1 rings (SSSR count). The summed E-state index contributed by atoms with van der Waals surface area (Å²) >= 11 is 4.84. The van der Waals surface area contributed by atoms with Gasteiger partial charge in [-0.15, -0.1) is 0 Å². The molecule has 80 valence electrons. The summed E-state index contributed by atoms with van der Waals surface area (Å²) in [5.74, 6) is -0.304. The number of rotatable bonds is 4. The molecular formula is C11H11BrO2S. The highest BCUT2D eigenvalue weighted by molar-refractivity contribution is 9.10. The lowest BCUT2D eigenvalue weighted by Gasteiger charge is -1.96. The highest BCUT2D eigenvalue weighted by Crippen LogP contribution is 2.21. The fourth-order valence-electron chi connectivity index (χ4n) is 0.872. The maximum absolute atomic E-state index is 11.0. The fourth-order valence-corrected chi connectivity index (χ4v) is 1.77. The number of thioether (sulfide) groups is 1. The van der Waals surface area contributed by atoms with E-state index in [2.05, 4.69) is 15.9 Å². The molecule has 1 aromatic rings. The number of benzene rings is 1. The quantitative estimate of drug-likeness (QED) is 0.480. The van der Waals surface area contributed by atoms with Crippen molar-refractivity contribution in [3.63, 3.8) is 0 Å². The average molecular weight is 287 g/mol. The van der Waals surface area contributed by atoms with Crippen LogP contribution in [0.1, 0.15) is 6.92 Å². The van der Waals surface area contributed by atoms with Crippen LogP contribution in [0.4, 0.5) is 0 Å². The minimum Gasteiger partial charge on any atom is -0.463 e. The molecule has 0 N–H and O–H groups in total. The average Bonchev–Trinajstić information content (AvgIpc) is 2.21. The third-order valence-electron chi connectivity index (χ3n) is 1.51. The normalized spacial score (nSPS) is 10.5. The summed E-state index contributed by atoms with van der Waals surface area (Å²) < 4.78 is 5.80. The molecule has 0 aliphatic rings. The lowest BCUT2D eigenvalue weighted by Crippen LogP contribution is -1.98. The van der Waals surface area contributed by atoms with Gasteiger partial charge in [0, 0.05) is 15.4 Å². The van der Waals surface area contributed by atoms with E-state index < -0.39 is 0 Å². The van der Waals surface area contributed by atoms with E-state index in [0.29, 0.717) is 6.61 Å². The van der Waals surface area contributed by atoms with Gasteiger partial charge in [-0.2, -0.15) is 0 Å². The van der Waals surface area contributed by atoms with E-state index in [1.165, 1.54) is 17.8 Å². The zero-order chi connectivity index (χ0) is 11.1. The second kappa shape index (κ2) is 6.69. The Labute approximate surface area is 102 Å². The van der Waals surface area contributed by atoms with E-state index >= 15 is 0 Å². The molecule has 0 aliphatic carbocycles. The SMILES string of the molecule is CCOC(=O)/C=C/Sc1ccc(Br)cc1. The third kappa shape index (κ3) is 5.04. The van der Waals surface area contributed by atoms with Crippen molar-refractivity contribution >= 4 is 33.7 Å². The monoisotopic (exact) mass is 286 g/mol. The number of ether oxygens (including phenoxy) is 1. The van der Waals surface area contributed by atoms with E-state index in [0.717, 1.165) is 9.37 Å². The summed E-state index contributed by atoms with van der Waals surface area (Å²) in [6.45, 7) is 2.19. The predicted octanol–water partition coefficient (Wildman–Crippen LogP) is 3.62. The maximum atomic E-state index is 11.0. The second-order valence-corrected chi connectivity index (χ2v) is 4.52. The number of hydrogen-bond donors (Lipinski definition) is 0. The number of halogens is 1. The Hall–Kier alpha value is -0.740. The van der Waals surface area contributed by atoms with Crippen LogP contribution in [0.15, 0.2) is 45.1 Å². The number of carbonyl (C=O) groups excluding carboxylic acids is 1. The second-order valence-electron chi connectivity index (χ2n) is 2.63. The first-order valence-electron chi connectivity index (χ1n) is 4.48. The Morgan fingerprint density at radius 1 is 1.47 bits per heavy atom. The van der Waals surface area contributed by atoms with Gasteiger partial charge in [-0.25, -0.2) is 4.79 Å². The van der Waals surface area contributed by atoms with Crippen molar-refractivity contribution in [2.75, 3.05) is 6.61 Å². The molecular weight excluding hydrogens is 276 g/mol. The Morgan fingerprint density at radius 3 is 2.73 bits per heavy atom. The Balaban J connectivity index is 2.43. The van der Waals surface area contributed by atoms with Crippen LogP contribution >= 0.6 is 27.7 Å². The van der Waals surface area contributed by atoms with Gasteiger partial charge in [0.1, 0.15) is 0 Å². The van der Waals surface area contributed by atoms with Gasteiger partial charge in [-0.3, -0.25) is 0 Å². The minimum atomic E-state index is -0.304. The zero-order valence-electron chi connectivity index (χ0n) is 8.27. The molecule has 0 aliphatic heterocycles. The molecule has 1 aromatic carbocycles. The van der Waals surface area contributed by atoms with Crippen LogP contribution in [-0.2, 0) is 9.53 Å². The van der Waals surface area contributed by atoms with Crippen molar-refractivity contribution in [3.05, 3.63) is 40.2 Å². The highest BCUT2D eigenvalue weighted by atomic mass is 79.9. The van der Waals surface area contributed by atoms with Gasteiger partial charge in [0.15, 0.2) is 0 Å². The summed E-state index contributed by atoms with van der Waals surface area (Å²) in [7, 11) is 0. The molecule has 0 amide bonds. The molecule has 15 heavy (non-hydrogen) atoms. The molecule has 0 unspecified atom stereocenters. The molecule has 0 atom stereocenters. The van der Waals surface area contributed by atoms with Gasteiger partial charge in [0.05, 0.1) is 6.61 Å². The molecule has 0 bridgehead atoms. The number of hydrogen-bond acceptors (Lipinski definition) is 3. The van der Waals surface area contributed by atoms with Crippen LogP contribution in [0.25, 0.3) is 0 Å². The summed E-state index contributed by atoms with van der Waals surface area (Å²) in [5, 5.41) is 1.72. The summed E-state index contributed by atoms with van der Waals surface area (Å²) in [6, 6.07) is 7.87. The van der Waals surface area contributed by atoms with E-state index in [1.807, 2.05) is 24.3 Å². The first-order chi connectivity index (χ1) is 7.22. The van der Waals surface area contributed by atoms with Crippen LogP contribution in [-0.4, -0.2) is 12.6 Å². The topological polar surface area (TPSA) is 26.3 Å². The van der Waals surface area contributed by atoms with Crippen molar-refractivity contribution in [2.45, 2.75) is 11.8 Å². The van der Waals surface area contributed by atoms with Crippen molar-refractivity contribution < 1.29 is 9.53 Å². The summed E-state index contributed by atoms with van der Waals surface area (Å²) in [5.41, 5.74) is 0. The Kier molecular flexibility index (Phi) is 5.50. The van der Waals surface area contributed by atoms with Crippen LogP contribution in [0.3, 0.4) is 0 Å². The van der Waals surface area contributed by atoms with E-state index in [1.54, 1.807) is 12.3 Å². The molecule has 0 spiro atoms. The predicted molar refractivity (Wildman–Crippen MR) is 65.8 cm³/mol. The maximum Gasteiger partial charge on any atom is 0.331 e. The van der Waals surface area contributed by atoms with Crippen molar-refractivity contribution in [3.8, 4) is 0 Å². The zero-order valence-corrected chi connectivity index (χ0v) is 10.7. The molecule has 0 radical (unpaired) electrons. The number of esters is 1. The van der Waals surface area contributed by atoms with Gasteiger partial charge in [0.25, 0.3) is 0 Å². The van der Waals surface area contributed by atoms with Gasteiger partial charge in [0.2, 0.25) is 0 Å².